The number of aromatic nitrogens is 6. The largest absolute Gasteiger partial charge is 0.242 e. The molecule has 0 atom stereocenters. The molecule has 0 saturated carbocycles. The van der Waals surface area contributed by atoms with E-state index in [1.54, 1.807) is 29.6 Å². The molecule has 0 N–H and O–H groups in total. The first kappa shape index (κ1) is 11.1. The average Bonchev–Trinajstić information content (AvgIpc) is 3.08. The lowest BCUT2D eigenvalue weighted by Gasteiger charge is -1.79. The zero-order valence-electron chi connectivity index (χ0n) is 8.96. The van der Waals surface area contributed by atoms with Crippen molar-refractivity contribution in [1.29, 1.82) is 0 Å². The van der Waals surface area contributed by atoms with Gasteiger partial charge in [0.25, 0.3) is 0 Å². The number of fused-ring (bicyclic) bond motifs is 2. The third-order valence-electron chi connectivity index (χ3n) is 2.00. The molecule has 88 valence electrons. The SMILES string of the molecule is c1cnc2scnc2n1.c1ncc2ncsc2n1. The van der Waals surface area contributed by atoms with Crippen molar-refractivity contribution in [3.8, 4) is 0 Å². The Morgan fingerprint density at radius 3 is 2.50 bits per heavy atom. The van der Waals surface area contributed by atoms with Crippen molar-refractivity contribution in [2.75, 3.05) is 0 Å². The van der Waals surface area contributed by atoms with Crippen LogP contribution in [0.3, 0.4) is 0 Å². The standard InChI is InChI=1S/2C5H3N3S/c1-4-5(7-2-6-1)9-3-8-4;1-2-7-5-4(6-1)8-3-9-5/h2*1-3H. The smallest absolute Gasteiger partial charge is 0.189 e. The number of rotatable bonds is 0. The third-order valence-corrected chi connectivity index (χ3v) is 3.47. The van der Waals surface area contributed by atoms with Crippen LogP contribution >= 0.6 is 22.7 Å². The van der Waals surface area contributed by atoms with Gasteiger partial charge in [0, 0.05) is 12.4 Å². The molecule has 8 heteroatoms. The fourth-order valence-corrected chi connectivity index (χ4v) is 2.42. The summed E-state index contributed by atoms with van der Waals surface area (Å²) in [6.07, 6.45) is 6.54. The van der Waals surface area contributed by atoms with Gasteiger partial charge < -0.3 is 0 Å². The second-order valence-corrected chi connectivity index (χ2v) is 4.77. The maximum absolute atomic E-state index is 4.03. The molecule has 4 aromatic rings. The van der Waals surface area contributed by atoms with Crippen LogP contribution in [0, 0.1) is 0 Å². The Bertz CT molecular complexity index is 638. The molecular weight excluding hydrogens is 268 g/mol. The van der Waals surface area contributed by atoms with Crippen LogP contribution in [0.4, 0.5) is 0 Å². The summed E-state index contributed by atoms with van der Waals surface area (Å²) >= 11 is 3.03. The lowest BCUT2D eigenvalue weighted by atomic mass is 10.6. The van der Waals surface area contributed by atoms with Gasteiger partial charge >= 0.3 is 0 Å². The van der Waals surface area contributed by atoms with Crippen molar-refractivity contribution in [3.05, 3.63) is 35.9 Å². The van der Waals surface area contributed by atoms with Crippen molar-refractivity contribution in [2.45, 2.75) is 0 Å². The molecule has 18 heavy (non-hydrogen) atoms. The van der Waals surface area contributed by atoms with Crippen molar-refractivity contribution in [1.82, 2.24) is 29.9 Å². The predicted molar refractivity (Wildman–Crippen MR) is 70.4 cm³/mol. The second-order valence-electron chi connectivity index (χ2n) is 3.10. The molecule has 0 spiro atoms. The second kappa shape index (κ2) is 5.07. The summed E-state index contributed by atoms with van der Waals surface area (Å²) in [5.74, 6) is 0. The molecule has 0 aromatic carbocycles. The monoisotopic (exact) mass is 274 g/mol. The first-order chi connectivity index (χ1) is 8.93. The first-order valence-corrected chi connectivity index (χ1v) is 6.69. The van der Waals surface area contributed by atoms with Gasteiger partial charge in [-0.2, -0.15) is 0 Å². The van der Waals surface area contributed by atoms with E-state index in [9.17, 15) is 0 Å². The molecule has 4 rings (SSSR count). The summed E-state index contributed by atoms with van der Waals surface area (Å²) in [5, 5.41) is 0. The number of nitrogens with zero attached hydrogens (tertiary/aromatic N) is 6. The normalized spacial score (nSPS) is 10.2. The number of thiazole rings is 2. The molecule has 0 amide bonds. The quantitative estimate of drug-likeness (QED) is 0.489. The molecule has 0 aliphatic rings. The zero-order valence-corrected chi connectivity index (χ0v) is 10.6. The van der Waals surface area contributed by atoms with E-state index in [1.165, 1.54) is 29.0 Å². The van der Waals surface area contributed by atoms with Gasteiger partial charge in [0.2, 0.25) is 0 Å². The predicted octanol–water partition coefficient (Wildman–Crippen LogP) is 2.17. The highest BCUT2D eigenvalue weighted by atomic mass is 32.1. The molecule has 4 heterocycles. The zero-order chi connectivity index (χ0) is 12.2. The van der Waals surface area contributed by atoms with E-state index >= 15 is 0 Å². The Morgan fingerprint density at radius 2 is 1.61 bits per heavy atom. The van der Waals surface area contributed by atoms with E-state index in [1.807, 2.05) is 0 Å². The van der Waals surface area contributed by atoms with E-state index in [2.05, 4.69) is 29.9 Å². The van der Waals surface area contributed by atoms with Crippen LogP contribution in [0.2, 0.25) is 0 Å². The van der Waals surface area contributed by atoms with Gasteiger partial charge in [0.15, 0.2) is 10.5 Å². The van der Waals surface area contributed by atoms with Crippen molar-refractivity contribution < 1.29 is 0 Å². The molecule has 0 fully saturated rings. The highest BCUT2D eigenvalue weighted by Gasteiger charge is 1.93. The van der Waals surface area contributed by atoms with Crippen LogP contribution in [0.5, 0.6) is 0 Å². The summed E-state index contributed by atoms with van der Waals surface area (Å²) in [4.78, 5) is 25.6. The Balaban J connectivity index is 0.000000111. The van der Waals surface area contributed by atoms with E-state index in [0.717, 1.165) is 20.8 Å². The topological polar surface area (TPSA) is 77.3 Å². The van der Waals surface area contributed by atoms with Crippen LogP contribution < -0.4 is 0 Å². The van der Waals surface area contributed by atoms with Gasteiger partial charge in [0.1, 0.15) is 16.7 Å². The first-order valence-electron chi connectivity index (χ1n) is 4.93. The maximum atomic E-state index is 4.03. The lowest BCUT2D eigenvalue weighted by molar-refractivity contribution is 1.22. The summed E-state index contributed by atoms with van der Waals surface area (Å²) in [7, 11) is 0. The van der Waals surface area contributed by atoms with E-state index < -0.39 is 0 Å². The third kappa shape index (κ3) is 2.29. The van der Waals surface area contributed by atoms with E-state index in [-0.39, 0.29) is 0 Å². The van der Waals surface area contributed by atoms with Crippen molar-refractivity contribution in [2.24, 2.45) is 0 Å². The molecule has 4 aromatic heterocycles. The van der Waals surface area contributed by atoms with Gasteiger partial charge in [0.05, 0.1) is 17.2 Å². The fourth-order valence-electron chi connectivity index (χ4n) is 1.24. The van der Waals surface area contributed by atoms with Gasteiger partial charge in [-0.05, 0) is 0 Å². The van der Waals surface area contributed by atoms with Crippen LogP contribution in [-0.2, 0) is 0 Å². The molecule has 0 aliphatic heterocycles. The molecule has 0 unspecified atom stereocenters. The lowest BCUT2D eigenvalue weighted by Crippen LogP contribution is -1.75. The van der Waals surface area contributed by atoms with Crippen LogP contribution in [-0.4, -0.2) is 29.9 Å². The Morgan fingerprint density at radius 1 is 0.778 bits per heavy atom. The minimum Gasteiger partial charge on any atom is -0.242 e. The minimum absolute atomic E-state index is 0.738. The van der Waals surface area contributed by atoms with E-state index in [0.29, 0.717) is 0 Å². The number of hydrogen-bond acceptors (Lipinski definition) is 8. The van der Waals surface area contributed by atoms with Crippen LogP contribution in [0.1, 0.15) is 0 Å². The Kier molecular flexibility index (Phi) is 3.11. The van der Waals surface area contributed by atoms with Crippen molar-refractivity contribution >= 4 is 43.5 Å². The average molecular weight is 274 g/mol. The van der Waals surface area contributed by atoms with Gasteiger partial charge in [-0.3, -0.25) is 0 Å². The highest BCUT2D eigenvalue weighted by Crippen LogP contribution is 2.11. The van der Waals surface area contributed by atoms with Gasteiger partial charge in [-0.25, -0.2) is 29.9 Å². The Hall–Kier alpha value is -2.06. The van der Waals surface area contributed by atoms with Crippen LogP contribution in [0.15, 0.2) is 35.9 Å². The molecule has 0 saturated heterocycles. The number of hydrogen-bond donors (Lipinski definition) is 0. The fraction of sp³-hybridized carbons (Fsp3) is 0. The maximum Gasteiger partial charge on any atom is 0.189 e. The molecular formula is C10H6N6S2. The van der Waals surface area contributed by atoms with Crippen LogP contribution in [0.25, 0.3) is 20.8 Å². The highest BCUT2D eigenvalue weighted by molar-refractivity contribution is 7.16. The molecule has 0 radical (unpaired) electrons. The molecule has 0 aliphatic carbocycles. The molecule has 6 nitrogen and oxygen atoms in total. The summed E-state index contributed by atoms with van der Waals surface area (Å²) < 4.78 is 0. The van der Waals surface area contributed by atoms with Crippen molar-refractivity contribution in [3.63, 3.8) is 0 Å². The van der Waals surface area contributed by atoms with E-state index in [4.69, 9.17) is 0 Å². The minimum atomic E-state index is 0.738. The Labute approximate surface area is 109 Å². The summed E-state index contributed by atoms with van der Waals surface area (Å²) in [6, 6.07) is 0. The summed E-state index contributed by atoms with van der Waals surface area (Å²) in [6.45, 7) is 0. The summed E-state index contributed by atoms with van der Waals surface area (Å²) in [5.41, 5.74) is 5.12. The van der Waals surface area contributed by atoms with Gasteiger partial charge in [-0.1, -0.05) is 0 Å². The molecule has 0 bridgehead atoms. The van der Waals surface area contributed by atoms with Gasteiger partial charge in [-0.15, -0.1) is 22.7 Å².